The molecule has 1 heterocycles. The van der Waals surface area contributed by atoms with Crippen molar-refractivity contribution in [3.05, 3.63) is 32.3 Å². The summed E-state index contributed by atoms with van der Waals surface area (Å²) in [6.45, 7) is 10.3. The summed E-state index contributed by atoms with van der Waals surface area (Å²) < 4.78 is 1.30. The van der Waals surface area contributed by atoms with Crippen LogP contribution in [0.1, 0.15) is 34.6 Å². The van der Waals surface area contributed by atoms with Crippen LogP contribution < -0.4 is 10.7 Å². The highest BCUT2D eigenvalue weighted by Gasteiger charge is 2.34. The van der Waals surface area contributed by atoms with Crippen LogP contribution in [0.25, 0.3) is 0 Å². The van der Waals surface area contributed by atoms with E-state index in [1.165, 1.54) is 17.0 Å². The molecule has 0 amide bonds. The van der Waals surface area contributed by atoms with Crippen LogP contribution in [0.5, 0.6) is 0 Å². The summed E-state index contributed by atoms with van der Waals surface area (Å²) in [6, 6.07) is -1.15. The smallest absolute Gasteiger partial charge is 0.390 e. The molecule has 28 heavy (non-hydrogen) atoms. The van der Waals surface area contributed by atoms with Crippen LogP contribution in [0.3, 0.4) is 0 Å². The third-order valence-corrected chi connectivity index (χ3v) is 4.90. The third-order valence-electron chi connectivity index (χ3n) is 4.90. The van der Waals surface area contributed by atoms with Gasteiger partial charge in [0.25, 0.3) is 0 Å². The van der Waals surface area contributed by atoms with Gasteiger partial charge in [0, 0.05) is 25.7 Å². The van der Waals surface area contributed by atoms with Gasteiger partial charge >= 0.3 is 5.95 Å². The molecule has 2 N–H and O–H groups in total. The zero-order valence-corrected chi connectivity index (χ0v) is 17.2. The van der Waals surface area contributed by atoms with Gasteiger partial charge in [-0.3, -0.25) is 0 Å². The molecule has 1 aromatic rings. The summed E-state index contributed by atoms with van der Waals surface area (Å²) in [5.41, 5.74) is 2.01. The molecule has 0 aliphatic carbocycles. The van der Waals surface area contributed by atoms with Gasteiger partial charge in [-0.05, 0) is 39.5 Å². The number of hydrogen-bond acceptors (Lipinski definition) is 10. The van der Waals surface area contributed by atoms with Crippen molar-refractivity contribution in [2.24, 2.45) is 10.4 Å². The molecule has 0 aromatic carbocycles. The molecule has 2 atom stereocenters. The number of nitro groups is 1. The highest BCUT2D eigenvalue weighted by molar-refractivity contribution is 5.08. The van der Waals surface area contributed by atoms with E-state index in [4.69, 9.17) is 0 Å². The van der Waals surface area contributed by atoms with E-state index in [1.54, 1.807) is 20.8 Å². The Kier molecular flexibility index (Phi) is 8.27. The predicted octanol–water partition coefficient (Wildman–Crippen LogP) is 1.66. The Labute approximate surface area is 164 Å². The largest absolute Gasteiger partial charge is 0.434 e. The van der Waals surface area contributed by atoms with Crippen LogP contribution in [0.4, 0.5) is 5.95 Å². The summed E-state index contributed by atoms with van der Waals surface area (Å²) >= 11 is 0. The molecule has 0 spiro atoms. The molecular weight excluding hydrogens is 368 g/mol. The third kappa shape index (κ3) is 6.39. The van der Waals surface area contributed by atoms with Gasteiger partial charge in [-0.1, -0.05) is 15.3 Å². The fraction of sp³-hybridized carbons (Fsp3) is 0.812. The fourth-order valence-electron chi connectivity index (χ4n) is 2.64. The number of nitrogens with one attached hydrogen (secondary N) is 2. The molecule has 0 aliphatic heterocycles. The molecule has 0 bridgehead atoms. The molecule has 0 radical (unpaired) electrons. The quantitative estimate of drug-likeness (QED) is 0.290. The molecule has 0 fully saturated rings. The van der Waals surface area contributed by atoms with Crippen LogP contribution in [0, 0.1) is 19.9 Å². The van der Waals surface area contributed by atoms with E-state index < -0.39 is 22.0 Å². The Morgan fingerprint density at radius 2 is 1.93 bits per heavy atom. The lowest BCUT2D eigenvalue weighted by Gasteiger charge is -2.35. The van der Waals surface area contributed by atoms with Gasteiger partial charge < -0.3 is 15.4 Å². The second-order valence-electron chi connectivity index (χ2n) is 7.94. The Balaban J connectivity index is 2.66. The lowest BCUT2D eigenvalue weighted by molar-refractivity contribution is -0.396. The fourth-order valence-corrected chi connectivity index (χ4v) is 2.64. The van der Waals surface area contributed by atoms with Crippen molar-refractivity contribution in [3.63, 3.8) is 0 Å². The topological polar surface area (TPSA) is 147 Å². The lowest BCUT2D eigenvalue weighted by Crippen LogP contribution is -2.58. The Hall–Kier alpha value is -2.31. The first-order valence-corrected chi connectivity index (χ1v) is 8.99. The second-order valence-corrected chi connectivity index (χ2v) is 7.94. The van der Waals surface area contributed by atoms with Crippen molar-refractivity contribution in [3.8, 4) is 0 Å². The first-order chi connectivity index (χ1) is 12.9. The SMILES string of the molecule is CC(N=O)C(C)(C)NCCN(C)NC(C)(C)C(Cn1ccnc1[N+](=O)[O-])N=O. The molecule has 158 valence electrons. The summed E-state index contributed by atoms with van der Waals surface area (Å²) in [5.74, 6) is -0.331. The Morgan fingerprint density at radius 3 is 2.46 bits per heavy atom. The van der Waals surface area contributed by atoms with Crippen LogP contribution in [0.2, 0.25) is 0 Å². The first-order valence-electron chi connectivity index (χ1n) is 8.99. The molecule has 0 saturated carbocycles. The van der Waals surface area contributed by atoms with Crippen molar-refractivity contribution in [1.29, 1.82) is 0 Å². The van der Waals surface area contributed by atoms with Crippen LogP contribution in [-0.2, 0) is 6.54 Å². The van der Waals surface area contributed by atoms with Gasteiger partial charge in [-0.2, -0.15) is 9.81 Å². The van der Waals surface area contributed by atoms with E-state index in [1.807, 2.05) is 25.9 Å². The van der Waals surface area contributed by atoms with Crippen molar-refractivity contribution in [2.45, 2.75) is 64.3 Å². The van der Waals surface area contributed by atoms with Crippen LogP contribution in [-0.4, -0.2) is 62.8 Å². The van der Waals surface area contributed by atoms with Gasteiger partial charge in [0.15, 0.2) is 0 Å². The van der Waals surface area contributed by atoms with Crippen LogP contribution in [0.15, 0.2) is 22.7 Å². The standard InChI is InChI=1S/C16H30N8O4/c1-12(19-25)15(2,3)18-8-9-22(6)21-16(4,5)13(20-26)11-23-10-7-17-14(23)24(27)28/h7,10,12-13,18,21H,8-9,11H2,1-6H3. The van der Waals surface area contributed by atoms with Gasteiger partial charge in [0.1, 0.15) is 24.5 Å². The van der Waals surface area contributed by atoms with Crippen molar-refractivity contribution in [2.75, 3.05) is 20.1 Å². The van der Waals surface area contributed by atoms with Gasteiger partial charge in [0.2, 0.25) is 0 Å². The number of aromatic nitrogens is 2. The summed E-state index contributed by atoms with van der Waals surface area (Å²) in [4.78, 5) is 36.3. The number of rotatable bonds is 13. The van der Waals surface area contributed by atoms with E-state index in [-0.39, 0.29) is 18.5 Å². The molecule has 0 aliphatic rings. The Morgan fingerprint density at radius 1 is 1.29 bits per heavy atom. The molecule has 1 aromatic heterocycles. The highest BCUT2D eigenvalue weighted by Crippen LogP contribution is 2.18. The monoisotopic (exact) mass is 398 g/mol. The van der Waals surface area contributed by atoms with E-state index in [0.29, 0.717) is 13.1 Å². The average molecular weight is 398 g/mol. The molecule has 0 saturated heterocycles. The zero-order valence-electron chi connectivity index (χ0n) is 17.2. The normalized spacial score (nSPS) is 14.7. The van der Waals surface area contributed by atoms with E-state index in [9.17, 15) is 19.9 Å². The van der Waals surface area contributed by atoms with Crippen molar-refractivity contribution >= 4 is 5.95 Å². The van der Waals surface area contributed by atoms with Gasteiger partial charge in [0.05, 0.1) is 12.1 Å². The van der Waals surface area contributed by atoms with E-state index in [2.05, 4.69) is 26.1 Å². The van der Waals surface area contributed by atoms with Crippen molar-refractivity contribution in [1.82, 2.24) is 25.3 Å². The number of hydrazine groups is 1. The minimum atomic E-state index is -0.772. The minimum Gasteiger partial charge on any atom is -0.390 e. The van der Waals surface area contributed by atoms with Gasteiger partial charge in [-0.25, -0.2) is 15.0 Å². The number of likely N-dealkylation sites (N-methyl/N-ethyl adjacent to an activating group) is 1. The number of imidazole rings is 1. The maximum atomic E-state index is 11.4. The highest BCUT2D eigenvalue weighted by atomic mass is 16.6. The number of nitroso groups, excluding NO2 is 2. The van der Waals surface area contributed by atoms with Crippen LogP contribution >= 0.6 is 0 Å². The van der Waals surface area contributed by atoms with Crippen molar-refractivity contribution < 1.29 is 4.92 Å². The Bertz CT molecular complexity index is 675. The van der Waals surface area contributed by atoms with E-state index >= 15 is 0 Å². The average Bonchev–Trinajstić information content (AvgIpc) is 3.06. The number of hydrogen-bond donors (Lipinski definition) is 2. The molecular formula is C16H30N8O4. The van der Waals surface area contributed by atoms with E-state index in [0.717, 1.165) is 0 Å². The first kappa shape index (κ1) is 23.7. The molecule has 12 heteroatoms. The predicted molar refractivity (Wildman–Crippen MR) is 106 cm³/mol. The summed E-state index contributed by atoms with van der Waals surface area (Å²) in [7, 11) is 1.82. The maximum Gasteiger partial charge on any atom is 0.434 e. The molecule has 1 rings (SSSR count). The molecule has 12 nitrogen and oxygen atoms in total. The minimum absolute atomic E-state index is 0.0292. The lowest BCUT2D eigenvalue weighted by atomic mass is 9.96. The zero-order chi connectivity index (χ0) is 21.5. The second kappa shape index (κ2) is 9.75. The maximum absolute atomic E-state index is 11.4. The summed E-state index contributed by atoms with van der Waals surface area (Å²) in [5, 5.41) is 22.3. The molecule has 2 unspecified atom stereocenters. The number of nitrogens with zero attached hydrogens (tertiary/aromatic N) is 6. The summed E-state index contributed by atoms with van der Waals surface area (Å²) in [6.07, 6.45) is 2.76. The van der Waals surface area contributed by atoms with Gasteiger partial charge in [-0.15, -0.1) is 0 Å².